The van der Waals surface area contributed by atoms with Gasteiger partial charge in [0.15, 0.2) is 26.8 Å². The van der Waals surface area contributed by atoms with E-state index in [0.29, 0.717) is 41.0 Å². The van der Waals surface area contributed by atoms with Gasteiger partial charge in [-0.05, 0) is 37.8 Å². The summed E-state index contributed by atoms with van der Waals surface area (Å²) in [5.74, 6) is -1.54. The van der Waals surface area contributed by atoms with Crippen LogP contribution >= 0.6 is 0 Å². The van der Waals surface area contributed by atoms with E-state index < -0.39 is 21.4 Å². The Morgan fingerprint density at radius 2 is 1.98 bits per heavy atom. The van der Waals surface area contributed by atoms with Crippen LogP contribution in [0.5, 0.6) is 0 Å². The van der Waals surface area contributed by atoms with Crippen LogP contribution in [0.1, 0.15) is 37.3 Å². The van der Waals surface area contributed by atoms with Gasteiger partial charge in [-0.2, -0.15) is 14.7 Å². The van der Waals surface area contributed by atoms with Crippen LogP contribution in [-0.4, -0.2) is 81.3 Å². The summed E-state index contributed by atoms with van der Waals surface area (Å²) in [5.41, 5.74) is 7.71. The van der Waals surface area contributed by atoms with Crippen molar-refractivity contribution in [3.8, 4) is 22.5 Å². The fourth-order valence-electron chi connectivity index (χ4n) is 5.38. The summed E-state index contributed by atoms with van der Waals surface area (Å²) >= 11 is 0. The minimum atomic E-state index is -3.83. The lowest BCUT2D eigenvalue weighted by Crippen LogP contribution is -2.45. The monoisotopic (exact) mass is 586 g/mol. The summed E-state index contributed by atoms with van der Waals surface area (Å²) in [6.45, 7) is 0.383. The Kier molecular flexibility index (Phi) is 7.44. The Balaban J connectivity index is 1.55. The quantitative estimate of drug-likeness (QED) is 0.146. The smallest absolute Gasteiger partial charge is 0.335 e. The van der Waals surface area contributed by atoms with Crippen molar-refractivity contribution in [1.29, 1.82) is 0 Å². The predicted octanol–water partition coefficient (Wildman–Crippen LogP) is 1.45. The van der Waals surface area contributed by atoms with E-state index in [1.54, 1.807) is 36.1 Å². The highest BCUT2D eigenvalue weighted by Crippen LogP contribution is 2.43. The number of hydrogen-bond acceptors (Lipinski definition) is 10. The van der Waals surface area contributed by atoms with Crippen LogP contribution in [0.2, 0.25) is 0 Å². The fourth-order valence-corrected chi connectivity index (χ4v) is 6.44. The summed E-state index contributed by atoms with van der Waals surface area (Å²) in [6.07, 6.45) is 6.79. The molecular formula is C26H32N7O7S+. The van der Waals surface area contributed by atoms with Gasteiger partial charge in [-0.15, -0.1) is 0 Å². The molecule has 0 aliphatic heterocycles. The van der Waals surface area contributed by atoms with Crippen LogP contribution in [0.25, 0.3) is 28.2 Å². The lowest BCUT2D eigenvalue weighted by atomic mass is 9.77. The normalized spacial score (nSPS) is 19.5. The Morgan fingerprint density at radius 1 is 1.24 bits per heavy atom. The van der Waals surface area contributed by atoms with E-state index in [-0.39, 0.29) is 48.4 Å². The molecule has 1 aliphatic rings. The number of sulfone groups is 1. The van der Waals surface area contributed by atoms with Crippen LogP contribution in [0.3, 0.4) is 0 Å². The number of carbonyl (C=O) groups is 1. The number of hydrogen-bond donors (Lipinski definition) is 3. The fraction of sp³-hybridized carbons (Fsp3) is 0.423. The number of aromatic nitrogens is 6. The number of aryl methyl sites for hydroxylation is 1. The number of rotatable bonds is 9. The molecule has 4 N–H and O–H groups in total. The maximum atomic E-state index is 12.9. The third-order valence-electron chi connectivity index (χ3n) is 7.49. The second kappa shape index (κ2) is 10.7. The van der Waals surface area contributed by atoms with Crippen LogP contribution < -0.4 is 10.5 Å². The first-order valence-electron chi connectivity index (χ1n) is 12.9. The van der Waals surface area contributed by atoms with Crippen molar-refractivity contribution in [3.05, 3.63) is 42.5 Å². The number of nitrogens with zero attached hydrogens (tertiary/aromatic N) is 6. The first kappa shape index (κ1) is 28.4. The number of anilines is 1. The van der Waals surface area contributed by atoms with Crippen molar-refractivity contribution in [2.24, 2.45) is 7.05 Å². The molecule has 4 aromatic heterocycles. The van der Waals surface area contributed by atoms with Crippen molar-refractivity contribution < 1.29 is 37.7 Å². The molecule has 4 aromatic rings. The lowest BCUT2D eigenvalue weighted by molar-refractivity contribution is -0.895. The van der Waals surface area contributed by atoms with Gasteiger partial charge < -0.3 is 20.3 Å². The number of pyridine rings is 1. The molecule has 14 nitrogen and oxygen atoms in total. The molecular weight excluding hydrogens is 554 g/mol. The molecule has 4 heterocycles. The third-order valence-corrected chi connectivity index (χ3v) is 8.65. The minimum absolute atomic E-state index is 0.0906. The number of nitrogens with two attached hydrogens (primary N) is 1. The molecule has 0 unspecified atom stereocenters. The summed E-state index contributed by atoms with van der Waals surface area (Å²) in [5, 5.41) is 29.3. The van der Waals surface area contributed by atoms with Crippen molar-refractivity contribution in [2.75, 3.05) is 32.3 Å². The number of fused-ring (bicyclic) bond motifs is 1. The van der Waals surface area contributed by atoms with Crippen LogP contribution in [-0.2, 0) is 31.2 Å². The van der Waals surface area contributed by atoms with Crippen LogP contribution in [0, 0.1) is 0 Å². The first-order chi connectivity index (χ1) is 19.4. The molecule has 0 bridgehead atoms. The molecule has 1 aliphatic carbocycles. The maximum absolute atomic E-state index is 12.9. The van der Waals surface area contributed by atoms with Crippen molar-refractivity contribution >= 4 is 27.3 Å². The molecule has 218 valence electrons. The van der Waals surface area contributed by atoms with Crippen molar-refractivity contribution in [2.45, 2.75) is 42.1 Å². The highest BCUT2D eigenvalue weighted by Gasteiger charge is 2.44. The van der Waals surface area contributed by atoms with Gasteiger partial charge in [0.05, 0.1) is 36.2 Å². The van der Waals surface area contributed by atoms with Crippen molar-refractivity contribution in [3.63, 3.8) is 0 Å². The standard InChI is InChI=1S/C26H31N7O7S/c1-31-11-8-19(30-31)20-5-4-17(15-32(20)36)18-14-28-33-23(27)22(41(3,37)38)21(29-24(18)33)16-6-9-26(10-7-16,25(34)35)40-13-12-39-2/h4-5,8,11,14-16H,6-7,9-10,12-13H2,1-3H3,(H3-,27,28,29,30,34,35,36)/p+1. The van der Waals surface area contributed by atoms with E-state index in [1.807, 2.05) is 0 Å². The zero-order valence-corrected chi connectivity index (χ0v) is 23.7. The van der Waals surface area contributed by atoms with Gasteiger partial charge in [-0.1, -0.05) is 0 Å². The topological polar surface area (TPSA) is 188 Å². The molecule has 41 heavy (non-hydrogen) atoms. The average molecular weight is 587 g/mol. The predicted molar refractivity (Wildman–Crippen MR) is 145 cm³/mol. The van der Waals surface area contributed by atoms with Crippen molar-refractivity contribution in [1.82, 2.24) is 24.4 Å². The van der Waals surface area contributed by atoms with E-state index in [1.165, 1.54) is 24.0 Å². The summed E-state index contributed by atoms with van der Waals surface area (Å²) in [6, 6.07) is 5.24. The average Bonchev–Trinajstić information content (AvgIpc) is 3.54. The zero-order valence-electron chi connectivity index (χ0n) is 22.9. The Bertz CT molecular complexity index is 1720. The van der Waals surface area contributed by atoms with E-state index in [4.69, 9.17) is 20.2 Å². The number of methoxy groups -OCH3 is 1. The van der Waals surface area contributed by atoms with Crippen LogP contribution in [0.4, 0.5) is 5.82 Å². The molecule has 1 fully saturated rings. The number of carboxylic acid groups (broad SMARTS) is 1. The first-order valence-corrected chi connectivity index (χ1v) is 14.8. The molecule has 0 radical (unpaired) electrons. The van der Waals surface area contributed by atoms with Gasteiger partial charge in [-0.25, -0.2) is 18.2 Å². The molecule has 15 heteroatoms. The second-order valence-electron chi connectivity index (χ2n) is 10.2. The highest BCUT2D eigenvalue weighted by atomic mass is 32.2. The van der Waals surface area contributed by atoms with Gasteiger partial charge in [0.2, 0.25) is 6.20 Å². The summed E-state index contributed by atoms with van der Waals surface area (Å²) in [7, 11) is -0.546. The van der Waals surface area contributed by atoms with E-state index in [9.17, 15) is 23.5 Å². The van der Waals surface area contributed by atoms with E-state index in [2.05, 4.69) is 10.2 Å². The molecule has 0 atom stereocenters. The maximum Gasteiger partial charge on any atom is 0.335 e. The number of carboxylic acids is 1. The molecule has 0 spiro atoms. The zero-order chi connectivity index (χ0) is 29.5. The Hall–Kier alpha value is -4.08. The molecule has 1 saturated carbocycles. The number of nitrogen functional groups attached to an aromatic ring is 1. The number of ether oxygens (including phenoxy) is 2. The van der Waals surface area contributed by atoms with Gasteiger partial charge in [0, 0.05) is 43.3 Å². The molecule has 0 aromatic carbocycles. The second-order valence-corrected chi connectivity index (χ2v) is 12.2. The molecule has 0 saturated heterocycles. The molecule has 0 amide bonds. The van der Waals surface area contributed by atoms with Gasteiger partial charge in [0.25, 0.3) is 5.69 Å². The SMILES string of the molecule is COCCOC1(C(=O)O)CCC(c2nc3c(-c4ccc(-c5ccn(C)n5)[n+](O)c4)cnn3c(N)c2S(C)(=O)=O)CC1. The number of aliphatic carboxylic acids is 1. The Labute approximate surface area is 235 Å². The lowest BCUT2D eigenvalue weighted by Gasteiger charge is -2.36. The summed E-state index contributed by atoms with van der Waals surface area (Å²) < 4.78 is 40.4. The summed E-state index contributed by atoms with van der Waals surface area (Å²) in [4.78, 5) is 16.8. The Morgan fingerprint density at radius 3 is 2.56 bits per heavy atom. The minimum Gasteiger partial charge on any atom is -0.479 e. The largest absolute Gasteiger partial charge is 0.479 e. The van der Waals surface area contributed by atoms with Gasteiger partial charge in [-0.3, -0.25) is 9.89 Å². The molecule has 5 rings (SSSR count). The van der Waals surface area contributed by atoms with E-state index in [0.717, 1.165) is 11.0 Å². The third kappa shape index (κ3) is 5.23. The van der Waals surface area contributed by atoms with E-state index >= 15 is 0 Å². The highest BCUT2D eigenvalue weighted by molar-refractivity contribution is 7.91. The van der Waals surface area contributed by atoms with Gasteiger partial charge >= 0.3 is 5.97 Å². The van der Waals surface area contributed by atoms with Gasteiger partial charge in [0.1, 0.15) is 10.7 Å². The van der Waals surface area contributed by atoms with Crippen LogP contribution in [0.15, 0.2) is 41.7 Å².